The Morgan fingerprint density at radius 1 is 1.17 bits per heavy atom. The van der Waals surface area contributed by atoms with Gasteiger partial charge in [-0.1, -0.05) is 36.4 Å². The zero-order valence-electron chi connectivity index (χ0n) is 16.6. The second-order valence-electron chi connectivity index (χ2n) is 7.57. The number of ether oxygens (including phenoxy) is 1. The molecule has 5 heteroatoms. The molecule has 3 aromatic rings. The monoisotopic (exact) mass is 391 g/mol. The van der Waals surface area contributed by atoms with E-state index in [1.54, 1.807) is 25.1 Å². The molecule has 1 atom stereocenters. The smallest absolute Gasteiger partial charge is 0.341 e. The Morgan fingerprint density at radius 2 is 2.00 bits per heavy atom. The molecule has 1 aromatic heterocycles. The molecule has 0 amide bonds. The van der Waals surface area contributed by atoms with E-state index in [2.05, 4.69) is 5.32 Å². The van der Waals surface area contributed by atoms with E-state index in [1.807, 2.05) is 30.3 Å². The summed E-state index contributed by atoms with van der Waals surface area (Å²) in [7, 11) is 0. The van der Waals surface area contributed by atoms with Crippen LogP contribution in [0.5, 0.6) is 0 Å². The van der Waals surface area contributed by atoms with Gasteiger partial charge in [0.1, 0.15) is 11.3 Å². The minimum absolute atomic E-state index is 0.131. The van der Waals surface area contributed by atoms with Crippen LogP contribution in [0.1, 0.15) is 35.2 Å². The molecule has 29 heavy (non-hydrogen) atoms. The van der Waals surface area contributed by atoms with E-state index < -0.39 is 5.97 Å². The summed E-state index contributed by atoms with van der Waals surface area (Å²) in [4.78, 5) is 25.6. The zero-order chi connectivity index (χ0) is 20.2. The molecular weight excluding hydrogens is 366 g/mol. The van der Waals surface area contributed by atoms with E-state index in [-0.39, 0.29) is 11.0 Å². The van der Waals surface area contributed by atoms with Gasteiger partial charge in [-0.25, -0.2) is 4.79 Å². The number of hydrogen-bond donors (Lipinski definition) is 1. The fourth-order valence-corrected chi connectivity index (χ4v) is 3.90. The topological polar surface area (TPSA) is 68.5 Å². The largest absolute Gasteiger partial charge is 0.462 e. The lowest BCUT2D eigenvalue weighted by molar-refractivity contribution is 0.0478. The van der Waals surface area contributed by atoms with Crippen molar-refractivity contribution in [2.24, 2.45) is 5.92 Å². The number of hydrogen-bond acceptors (Lipinski definition) is 5. The van der Waals surface area contributed by atoms with Gasteiger partial charge < -0.3 is 14.5 Å². The highest BCUT2D eigenvalue weighted by molar-refractivity contribution is 6.02. The fourth-order valence-electron chi connectivity index (χ4n) is 3.90. The molecule has 1 N–H and O–H groups in total. The first kappa shape index (κ1) is 19.4. The second-order valence-corrected chi connectivity index (χ2v) is 7.57. The Kier molecular flexibility index (Phi) is 5.76. The van der Waals surface area contributed by atoms with Crippen molar-refractivity contribution in [1.82, 2.24) is 5.32 Å². The SMILES string of the molecule is Cc1c(-c2ccccc2)oc2c(C(=O)OCCC3CCCNC3)cccc2c1=O. The van der Waals surface area contributed by atoms with Crippen molar-refractivity contribution in [1.29, 1.82) is 0 Å². The average Bonchev–Trinajstić information content (AvgIpc) is 2.77. The van der Waals surface area contributed by atoms with Gasteiger partial charge >= 0.3 is 5.97 Å². The molecule has 1 aliphatic heterocycles. The van der Waals surface area contributed by atoms with Gasteiger partial charge in [-0.15, -0.1) is 0 Å². The lowest BCUT2D eigenvalue weighted by atomic mass is 9.97. The van der Waals surface area contributed by atoms with Gasteiger partial charge in [0.05, 0.1) is 12.0 Å². The number of benzene rings is 2. The molecule has 0 radical (unpaired) electrons. The first-order valence-corrected chi connectivity index (χ1v) is 10.1. The predicted molar refractivity (Wildman–Crippen MR) is 113 cm³/mol. The third-order valence-electron chi connectivity index (χ3n) is 5.56. The average molecular weight is 391 g/mol. The Morgan fingerprint density at radius 3 is 2.76 bits per heavy atom. The molecule has 5 nitrogen and oxygen atoms in total. The van der Waals surface area contributed by atoms with Gasteiger partial charge in [-0.3, -0.25) is 4.79 Å². The van der Waals surface area contributed by atoms with Crippen LogP contribution in [0.15, 0.2) is 57.7 Å². The second kappa shape index (κ2) is 8.62. The van der Waals surface area contributed by atoms with Crippen molar-refractivity contribution >= 4 is 16.9 Å². The summed E-state index contributed by atoms with van der Waals surface area (Å²) in [6.45, 7) is 4.15. The maximum atomic E-state index is 12.9. The summed E-state index contributed by atoms with van der Waals surface area (Å²) < 4.78 is 11.6. The van der Waals surface area contributed by atoms with E-state index in [0.717, 1.165) is 37.9 Å². The molecular formula is C24H25NO4. The van der Waals surface area contributed by atoms with Crippen molar-refractivity contribution in [2.45, 2.75) is 26.2 Å². The van der Waals surface area contributed by atoms with Crippen LogP contribution in [0.3, 0.4) is 0 Å². The Balaban J connectivity index is 1.63. The van der Waals surface area contributed by atoms with Crippen LogP contribution in [0.4, 0.5) is 0 Å². The molecule has 4 rings (SSSR count). The lowest BCUT2D eigenvalue weighted by Crippen LogP contribution is -2.30. The van der Waals surface area contributed by atoms with E-state index in [9.17, 15) is 9.59 Å². The summed E-state index contributed by atoms with van der Waals surface area (Å²) >= 11 is 0. The predicted octanol–water partition coefficient (Wildman–Crippen LogP) is 4.31. The Hall–Kier alpha value is -2.92. The molecule has 1 saturated heterocycles. The highest BCUT2D eigenvalue weighted by Crippen LogP contribution is 2.27. The maximum Gasteiger partial charge on any atom is 0.341 e. The molecule has 1 fully saturated rings. The molecule has 2 heterocycles. The van der Waals surface area contributed by atoms with E-state index in [1.165, 1.54) is 0 Å². The maximum absolute atomic E-state index is 12.9. The van der Waals surface area contributed by atoms with Crippen LogP contribution >= 0.6 is 0 Å². The highest BCUT2D eigenvalue weighted by Gasteiger charge is 2.20. The number of carbonyl (C=O) groups excluding carboxylic acids is 1. The van der Waals surface area contributed by atoms with Crippen molar-refractivity contribution in [3.63, 3.8) is 0 Å². The van der Waals surface area contributed by atoms with Gasteiger partial charge in [0.2, 0.25) is 0 Å². The van der Waals surface area contributed by atoms with E-state index in [0.29, 0.717) is 34.8 Å². The number of piperidine rings is 1. The summed E-state index contributed by atoms with van der Waals surface area (Å²) in [6.07, 6.45) is 3.16. The highest BCUT2D eigenvalue weighted by atomic mass is 16.5. The number of para-hydroxylation sites is 1. The minimum Gasteiger partial charge on any atom is -0.462 e. The van der Waals surface area contributed by atoms with Crippen molar-refractivity contribution in [2.75, 3.05) is 19.7 Å². The first-order valence-electron chi connectivity index (χ1n) is 10.1. The molecule has 2 aromatic carbocycles. The van der Waals surface area contributed by atoms with Gasteiger partial charge in [-0.2, -0.15) is 0 Å². The zero-order valence-corrected chi connectivity index (χ0v) is 16.6. The van der Waals surface area contributed by atoms with Crippen molar-refractivity contribution < 1.29 is 13.9 Å². The number of nitrogens with one attached hydrogen (secondary N) is 1. The van der Waals surface area contributed by atoms with Crippen LogP contribution in [0.2, 0.25) is 0 Å². The van der Waals surface area contributed by atoms with Crippen LogP contribution in [0, 0.1) is 12.8 Å². The molecule has 0 saturated carbocycles. The Bertz CT molecular complexity index is 1070. The Labute approximate surface area is 169 Å². The van der Waals surface area contributed by atoms with Gasteiger partial charge in [-0.05, 0) is 57.3 Å². The number of fused-ring (bicyclic) bond motifs is 1. The summed E-state index contributed by atoms with van der Waals surface area (Å²) in [5.41, 5.74) is 1.77. The summed E-state index contributed by atoms with van der Waals surface area (Å²) in [6, 6.07) is 14.5. The van der Waals surface area contributed by atoms with Gasteiger partial charge in [0, 0.05) is 11.1 Å². The standard InChI is InChI=1S/C24H25NO4/c1-16-21(26)19-10-5-11-20(23(19)29-22(16)18-8-3-2-4-9-18)24(27)28-14-12-17-7-6-13-25-15-17/h2-5,8-11,17,25H,6-7,12-15H2,1H3. The quantitative estimate of drug-likeness (QED) is 0.656. The summed E-state index contributed by atoms with van der Waals surface area (Å²) in [5, 5.41) is 3.77. The van der Waals surface area contributed by atoms with Crippen molar-refractivity contribution in [3.8, 4) is 11.3 Å². The lowest BCUT2D eigenvalue weighted by Gasteiger charge is -2.22. The van der Waals surface area contributed by atoms with E-state index >= 15 is 0 Å². The molecule has 0 aliphatic carbocycles. The molecule has 150 valence electrons. The third-order valence-corrected chi connectivity index (χ3v) is 5.56. The van der Waals surface area contributed by atoms with Gasteiger partial charge in [0.25, 0.3) is 0 Å². The molecule has 1 unspecified atom stereocenters. The molecule has 0 spiro atoms. The molecule has 0 bridgehead atoms. The number of carbonyl (C=O) groups is 1. The van der Waals surface area contributed by atoms with E-state index in [4.69, 9.17) is 9.15 Å². The normalized spacial score (nSPS) is 16.7. The molecule has 1 aliphatic rings. The van der Waals surface area contributed by atoms with Crippen LogP contribution in [-0.4, -0.2) is 25.7 Å². The number of esters is 1. The van der Waals surface area contributed by atoms with Gasteiger partial charge in [0.15, 0.2) is 11.0 Å². The van der Waals surface area contributed by atoms with Crippen LogP contribution in [0.25, 0.3) is 22.3 Å². The summed E-state index contributed by atoms with van der Waals surface area (Å²) in [5.74, 6) is 0.566. The first-order chi connectivity index (χ1) is 14.1. The van der Waals surface area contributed by atoms with Crippen LogP contribution < -0.4 is 10.7 Å². The van der Waals surface area contributed by atoms with Crippen molar-refractivity contribution in [3.05, 3.63) is 69.9 Å². The third kappa shape index (κ3) is 4.10. The van der Waals surface area contributed by atoms with Crippen LogP contribution in [-0.2, 0) is 4.74 Å². The number of rotatable bonds is 5. The minimum atomic E-state index is -0.453. The fraction of sp³-hybridized carbons (Fsp3) is 0.333.